The van der Waals surface area contributed by atoms with E-state index in [1.165, 1.54) is 12.8 Å². The Morgan fingerprint density at radius 2 is 2.22 bits per heavy atom. The van der Waals surface area contributed by atoms with Gasteiger partial charge in [0.15, 0.2) is 0 Å². The van der Waals surface area contributed by atoms with Gasteiger partial charge in [-0.1, -0.05) is 28.8 Å². The second-order valence-corrected chi connectivity index (χ2v) is 5.70. The van der Waals surface area contributed by atoms with Gasteiger partial charge in [0, 0.05) is 16.2 Å². The summed E-state index contributed by atoms with van der Waals surface area (Å²) in [5.74, 6) is 0.732. The fourth-order valence-corrected chi connectivity index (χ4v) is 2.33. The van der Waals surface area contributed by atoms with Crippen molar-refractivity contribution >= 4 is 39.9 Å². The molecule has 1 saturated carbocycles. The first-order valence-electron chi connectivity index (χ1n) is 5.92. The van der Waals surface area contributed by atoms with Crippen LogP contribution in [0.5, 0.6) is 0 Å². The van der Waals surface area contributed by atoms with Gasteiger partial charge in [-0.05, 0) is 37.5 Å². The third-order valence-corrected chi connectivity index (χ3v) is 3.51. The summed E-state index contributed by atoms with van der Waals surface area (Å²) >= 11 is 3.33. The van der Waals surface area contributed by atoms with Crippen LogP contribution in [0.1, 0.15) is 36.5 Å². The van der Waals surface area contributed by atoms with Crippen molar-refractivity contribution in [3.05, 3.63) is 28.2 Å². The summed E-state index contributed by atoms with van der Waals surface area (Å²) in [4.78, 5) is 12.0. The van der Waals surface area contributed by atoms with E-state index in [1.54, 1.807) is 12.1 Å². The Balaban J connectivity index is 0.00000162. The molecule has 0 heterocycles. The van der Waals surface area contributed by atoms with Crippen LogP contribution in [-0.2, 0) is 0 Å². The van der Waals surface area contributed by atoms with Crippen LogP contribution in [0.25, 0.3) is 0 Å². The molecule has 1 aliphatic carbocycles. The first kappa shape index (κ1) is 15.3. The fraction of sp³-hybridized carbons (Fsp3) is 0.462. The van der Waals surface area contributed by atoms with Crippen LogP contribution in [0.2, 0.25) is 0 Å². The number of benzene rings is 1. The molecule has 0 spiro atoms. The molecule has 1 aromatic carbocycles. The summed E-state index contributed by atoms with van der Waals surface area (Å²) < 4.78 is 0.887. The summed E-state index contributed by atoms with van der Waals surface area (Å²) in [5.41, 5.74) is 6.88. The Morgan fingerprint density at radius 1 is 1.56 bits per heavy atom. The number of halogens is 2. The highest BCUT2D eigenvalue weighted by Crippen LogP contribution is 2.33. The molecule has 1 fully saturated rings. The highest BCUT2D eigenvalue weighted by atomic mass is 79.9. The Kier molecular flexibility index (Phi) is 5.47. The lowest BCUT2D eigenvalue weighted by atomic mass is 10.1. The average molecular weight is 334 g/mol. The van der Waals surface area contributed by atoms with Gasteiger partial charge in [-0.3, -0.25) is 4.79 Å². The van der Waals surface area contributed by atoms with Crippen molar-refractivity contribution in [2.24, 2.45) is 5.92 Å². The molecule has 1 amide bonds. The van der Waals surface area contributed by atoms with Crippen molar-refractivity contribution < 1.29 is 4.79 Å². The van der Waals surface area contributed by atoms with Gasteiger partial charge >= 0.3 is 0 Å². The number of nitrogens with two attached hydrogens (primary N) is 1. The zero-order valence-corrected chi connectivity index (χ0v) is 12.7. The molecule has 2 rings (SSSR count). The molecule has 0 saturated heterocycles. The summed E-state index contributed by atoms with van der Waals surface area (Å²) in [5, 5.41) is 2.99. The topological polar surface area (TPSA) is 55.1 Å². The van der Waals surface area contributed by atoms with Gasteiger partial charge in [-0.15, -0.1) is 12.4 Å². The lowest BCUT2D eigenvalue weighted by molar-refractivity contribution is 0.0938. The van der Waals surface area contributed by atoms with E-state index in [-0.39, 0.29) is 24.4 Å². The SMILES string of the molecule is CC(CC1CC1)NC(=O)c1ccc(Br)cc1N.Cl. The van der Waals surface area contributed by atoms with Gasteiger partial charge in [0.05, 0.1) is 5.56 Å². The molecule has 0 aliphatic heterocycles. The van der Waals surface area contributed by atoms with E-state index in [1.807, 2.05) is 13.0 Å². The van der Waals surface area contributed by atoms with Gasteiger partial charge in [0.2, 0.25) is 0 Å². The summed E-state index contributed by atoms with van der Waals surface area (Å²) in [6.45, 7) is 2.05. The van der Waals surface area contributed by atoms with Gasteiger partial charge in [0.25, 0.3) is 5.91 Å². The number of hydrogen-bond donors (Lipinski definition) is 2. The molecule has 100 valence electrons. The zero-order valence-electron chi connectivity index (χ0n) is 10.3. The van der Waals surface area contributed by atoms with Crippen LogP contribution in [0.3, 0.4) is 0 Å². The monoisotopic (exact) mass is 332 g/mol. The second-order valence-electron chi connectivity index (χ2n) is 4.79. The minimum Gasteiger partial charge on any atom is -0.398 e. The van der Waals surface area contributed by atoms with Crippen LogP contribution in [0.4, 0.5) is 5.69 Å². The number of hydrogen-bond acceptors (Lipinski definition) is 2. The zero-order chi connectivity index (χ0) is 12.4. The number of amides is 1. The van der Waals surface area contributed by atoms with Crippen LogP contribution in [-0.4, -0.2) is 11.9 Å². The molecule has 0 aromatic heterocycles. The van der Waals surface area contributed by atoms with E-state index in [2.05, 4.69) is 21.2 Å². The van der Waals surface area contributed by atoms with Crippen molar-refractivity contribution in [3.8, 4) is 0 Å². The quantitative estimate of drug-likeness (QED) is 0.830. The standard InChI is InChI=1S/C13H17BrN2O.ClH/c1-8(6-9-2-3-9)16-13(17)11-5-4-10(14)7-12(11)15;/h4-5,7-9H,2-3,6,15H2,1H3,(H,16,17);1H. The Morgan fingerprint density at radius 3 is 2.78 bits per heavy atom. The summed E-state index contributed by atoms with van der Waals surface area (Å²) in [7, 11) is 0. The van der Waals surface area contributed by atoms with E-state index in [0.717, 1.165) is 16.8 Å². The number of carbonyl (C=O) groups is 1. The molecule has 1 unspecified atom stereocenters. The van der Waals surface area contributed by atoms with E-state index < -0.39 is 0 Å². The van der Waals surface area contributed by atoms with Gasteiger partial charge in [-0.25, -0.2) is 0 Å². The minimum absolute atomic E-state index is 0. The van der Waals surface area contributed by atoms with Crippen LogP contribution >= 0.6 is 28.3 Å². The number of rotatable bonds is 4. The number of anilines is 1. The van der Waals surface area contributed by atoms with Gasteiger partial charge in [0.1, 0.15) is 0 Å². The summed E-state index contributed by atoms with van der Waals surface area (Å²) in [6, 6.07) is 5.55. The van der Waals surface area contributed by atoms with Crippen molar-refractivity contribution in [2.75, 3.05) is 5.73 Å². The predicted octanol–water partition coefficient (Wildman–Crippen LogP) is 3.37. The molecule has 0 bridgehead atoms. The molecule has 1 aliphatic rings. The van der Waals surface area contributed by atoms with Gasteiger partial charge in [-0.2, -0.15) is 0 Å². The minimum atomic E-state index is -0.0804. The highest BCUT2D eigenvalue weighted by molar-refractivity contribution is 9.10. The highest BCUT2D eigenvalue weighted by Gasteiger charge is 2.24. The smallest absolute Gasteiger partial charge is 0.253 e. The maximum absolute atomic E-state index is 12.0. The van der Waals surface area contributed by atoms with Crippen molar-refractivity contribution in [1.82, 2.24) is 5.32 Å². The normalized spacial score (nSPS) is 15.7. The van der Waals surface area contributed by atoms with E-state index in [9.17, 15) is 4.79 Å². The largest absolute Gasteiger partial charge is 0.398 e. The lowest BCUT2D eigenvalue weighted by Crippen LogP contribution is -2.33. The molecule has 18 heavy (non-hydrogen) atoms. The Hall–Kier alpha value is -0.740. The van der Waals surface area contributed by atoms with Crippen molar-refractivity contribution in [2.45, 2.75) is 32.2 Å². The molecular formula is C13H18BrClN2O. The fourth-order valence-electron chi connectivity index (χ4n) is 1.95. The molecule has 3 nitrogen and oxygen atoms in total. The Labute approximate surface area is 122 Å². The van der Waals surface area contributed by atoms with Crippen LogP contribution < -0.4 is 11.1 Å². The van der Waals surface area contributed by atoms with E-state index in [4.69, 9.17) is 5.73 Å². The third-order valence-electron chi connectivity index (χ3n) is 3.02. The molecular weight excluding hydrogens is 316 g/mol. The number of carbonyl (C=O) groups excluding carboxylic acids is 1. The van der Waals surface area contributed by atoms with Crippen molar-refractivity contribution in [1.29, 1.82) is 0 Å². The Bertz CT molecular complexity index is 435. The molecule has 1 atom stereocenters. The third kappa shape index (κ3) is 4.18. The first-order chi connectivity index (χ1) is 8.06. The lowest BCUT2D eigenvalue weighted by Gasteiger charge is -2.14. The van der Waals surface area contributed by atoms with Gasteiger partial charge < -0.3 is 11.1 Å². The summed E-state index contributed by atoms with van der Waals surface area (Å²) in [6.07, 6.45) is 3.68. The molecule has 5 heteroatoms. The van der Waals surface area contributed by atoms with Crippen molar-refractivity contribution in [3.63, 3.8) is 0 Å². The average Bonchev–Trinajstić information content (AvgIpc) is 3.00. The molecule has 1 aromatic rings. The van der Waals surface area contributed by atoms with Crippen LogP contribution in [0, 0.1) is 5.92 Å². The first-order valence-corrected chi connectivity index (χ1v) is 6.71. The maximum atomic E-state index is 12.0. The predicted molar refractivity (Wildman–Crippen MR) is 80.1 cm³/mol. The van der Waals surface area contributed by atoms with Crippen LogP contribution in [0.15, 0.2) is 22.7 Å². The molecule has 3 N–H and O–H groups in total. The maximum Gasteiger partial charge on any atom is 0.253 e. The number of nitrogen functional groups attached to an aromatic ring is 1. The van der Waals surface area contributed by atoms with E-state index >= 15 is 0 Å². The number of nitrogens with one attached hydrogen (secondary N) is 1. The second kappa shape index (κ2) is 6.43. The molecule has 0 radical (unpaired) electrons. The van der Waals surface area contributed by atoms with E-state index in [0.29, 0.717) is 11.3 Å².